The van der Waals surface area contributed by atoms with E-state index in [1.807, 2.05) is 0 Å². The standard InChI is InChI=1S/C8H19N3.C7H17N3/c1-7(2)5-3-4-6-11-8(9)10;1-6(2)4-3-5-10-7(8)9/h7H,3-6H2,1-2H3,(H4,9,10,11);6H,3-5H2,1-2H3,(H4,8,9,10). The van der Waals surface area contributed by atoms with Crippen molar-refractivity contribution < 1.29 is 0 Å². The first-order chi connectivity index (χ1) is 9.75. The lowest BCUT2D eigenvalue weighted by Gasteiger charge is -2.01. The summed E-state index contributed by atoms with van der Waals surface area (Å²) in [7, 11) is 0. The molecule has 0 aliphatic rings. The quantitative estimate of drug-likeness (QED) is 0.294. The van der Waals surface area contributed by atoms with Crippen molar-refractivity contribution in [2.45, 2.75) is 59.8 Å². The molecule has 21 heavy (non-hydrogen) atoms. The molecule has 0 amide bonds. The van der Waals surface area contributed by atoms with E-state index in [1.54, 1.807) is 0 Å². The van der Waals surface area contributed by atoms with E-state index in [0.29, 0.717) is 0 Å². The Labute approximate surface area is 130 Å². The summed E-state index contributed by atoms with van der Waals surface area (Å²) in [5.41, 5.74) is 20.6. The van der Waals surface area contributed by atoms with Crippen LogP contribution >= 0.6 is 0 Å². The van der Waals surface area contributed by atoms with Gasteiger partial charge in [0, 0.05) is 13.1 Å². The van der Waals surface area contributed by atoms with Gasteiger partial charge in [-0.3, -0.25) is 9.98 Å². The van der Waals surface area contributed by atoms with Crippen molar-refractivity contribution in [1.82, 2.24) is 0 Å². The van der Waals surface area contributed by atoms with Gasteiger partial charge in [0.1, 0.15) is 0 Å². The fourth-order valence-electron chi connectivity index (χ4n) is 1.58. The summed E-state index contributed by atoms with van der Waals surface area (Å²) in [5, 5.41) is 0. The van der Waals surface area contributed by atoms with Crippen LogP contribution in [0.15, 0.2) is 9.98 Å². The van der Waals surface area contributed by atoms with Gasteiger partial charge >= 0.3 is 0 Å². The van der Waals surface area contributed by atoms with Crippen molar-refractivity contribution in [3.05, 3.63) is 0 Å². The van der Waals surface area contributed by atoms with E-state index < -0.39 is 0 Å². The van der Waals surface area contributed by atoms with Gasteiger partial charge in [0.15, 0.2) is 11.9 Å². The smallest absolute Gasteiger partial charge is 0.185 e. The first-order valence-corrected chi connectivity index (χ1v) is 7.86. The van der Waals surface area contributed by atoms with Gasteiger partial charge in [-0.2, -0.15) is 0 Å². The Kier molecular flexibility index (Phi) is 15.5. The number of aliphatic imine (C=N–C) groups is 2. The van der Waals surface area contributed by atoms with Crippen LogP contribution in [0.25, 0.3) is 0 Å². The molecule has 0 fully saturated rings. The van der Waals surface area contributed by atoms with Gasteiger partial charge in [-0.15, -0.1) is 0 Å². The van der Waals surface area contributed by atoms with Gasteiger partial charge in [-0.05, 0) is 31.1 Å². The van der Waals surface area contributed by atoms with E-state index in [2.05, 4.69) is 37.7 Å². The normalized spacial score (nSPS) is 10.0. The minimum atomic E-state index is 0.198. The molecule has 0 aromatic heterocycles. The van der Waals surface area contributed by atoms with Gasteiger partial charge in [0.25, 0.3) is 0 Å². The highest BCUT2D eigenvalue weighted by Gasteiger charge is 1.93. The topological polar surface area (TPSA) is 129 Å². The average molecular weight is 300 g/mol. The van der Waals surface area contributed by atoms with Crippen molar-refractivity contribution >= 4 is 11.9 Å². The van der Waals surface area contributed by atoms with Gasteiger partial charge in [0.05, 0.1) is 0 Å². The summed E-state index contributed by atoms with van der Waals surface area (Å²) < 4.78 is 0. The molecule has 0 aliphatic carbocycles. The molecule has 0 radical (unpaired) electrons. The maximum atomic E-state index is 5.16. The van der Waals surface area contributed by atoms with Crippen molar-refractivity contribution in [3.8, 4) is 0 Å². The minimum absolute atomic E-state index is 0.198. The minimum Gasteiger partial charge on any atom is -0.370 e. The van der Waals surface area contributed by atoms with Crippen LogP contribution in [0.4, 0.5) is 0 Å². The Morgan fingerprint density at radius 2 is 1.05 bits per heavy atom. The van der Waals surface area contributed by atoms with Crippen LogP contribution in [0.3, 0.4) is 0 Å². The van der Waals surface area contributed by atoms with Crippen LogP contribution in [0, 0.1) is 11.8 Å². The summed E-state index contributed by atoms with van der Waals surface area (Å²) >= 11 is 0. The SMILES string of the molecule is CC(C)CCCCN=C(N)N.CC(C)CCCN=C(N)N. The van der Waals surface area contributed by atoms with E-state index in [-0.39, 0.29) is 11.9 Å². The zero-order valence-corrected chi connectivity index (χ0v) is 14.3. The largest absolute Gasteiger partial charge is 0.370 e. The number of rotatable bonds is 9. The van der Waals surface area contributed by atoms with E-state index >= 15 is 0 Å². The molecule has 0 spiro atoms. The number of hydrogen-bond acceptors (Lipinski definition) is 2. The number of nitrogens with two attached hydrogens (primary N) is 4. The molecule has 6 heteroatoms. The fraction of sp³-hybridized carbons (Fsp3) is 0.867. The Bertz CT molecular complexity index is 276. The van der Waals surface area contributed by atoms with E-state index in [4.69, 9.17) is 22.9 Å². The molecule has 0 bridgehead atoms. The second-order valence-corrected chi connectivity index (χ2v) is 6.04. The third kappa shape index (κ3) is 27.7. The predicted molar refractivity (Wildman–Crippen MR) is 94.1 cm³/mol. The van der Waals surface area contributed by atoms with Crippen molar-refractivity contribution in [2.24, 2.45) is 44.8 Å². The monoisotopic (exact) mass is 300 g/mol. The molecule has 8 N–H and O–H groups in total. The molecule has 6 nitrogen and oxygen atoms in total. The highest BCUT2D eigenvalue weighted by atomic mass is 15.0. The molecule has 0 unspecified atom stereocenters. The maximum Gasteiger partial charge on any atom is 0.185 e. The third-order valence-corrected chi connectivity index (χ3v) is 2.72. The van der Waals surface area contributed by atoms with E-state index in [0.717, 1.165) is 37.8 Å². The molecule has 0 heterocycles. The van der Waals surface area contributed by atoms with Crippen LogP contribution in [0.2, 0.25) is 0 Å². The van der Waals surface area contributed by atoms with Crippen LogP contribution in [-0.4, -0.2) is 25.0 Å². The first-order valence-electron chi connectivity index (χ1n) is 7.86. The van der Waals surface area contributed by atoms with Gasteiger partial charge in [0.2, 0.25) is 0 Å². The van der Waals surface area contributed by atoms with Gasteiger partial charge in [-0.25, -0.2) is 0 Å². The zero-order valence-electron chi connectivity index (χ0n) is 14.3. The van der Waals surface area contributed by atoms with Gasteiger partial charge in [-0.1, -0.05) is 40.5 Å². The average Bonchev–Trinajstić information content (AvgIpc) is 2.34. The van der Waals surface area contributed by atoms with Gasteiger partial charge < -0.3 is 22.9 Å². The molecule has 0 aromatic carbocycles. The highest BCUT2D eigenvalue weighted by molar-refractivity contribution is 5.75. The number of hydrogen-bond donors (Lipinski definition) is 4. The summed E-state index contributed by atoms with van der Waals surface area (Å²) in [6.45, 7) is 10.4. The lowest BCUT2D eigenvalue weighted by atomic mass is 10.1. The summed E-state index contributed by atoms with van der Waals surface area (Å²) in [6, 6.07) is 0. The number of unbranched alkanes of at least 4 members (excludes halogenated alkanes) is 1. The van der Waals surface area contributed by atoms with Crippen molar-refractivity contribution in [2.75, 3.05) is 13.1 Å². The third-order valence-electron chi connectivity index (χ3n) is 2.72. The summed E-state index contributed by atoms with van der Waals surface area (Å²) in [5.74, 6) is 1.93. The summed E-state index contributed by atoms with van der Waals surface area (Å²) in [4.78, 5) is 7.76. The zero-order chi connectivity index (χ0) is 16.7. The van der Waals surface area contributed by atoms with E-state index in [9.17, 15) is 0 Å². The number of guanidine groups is 2. The van der Waals surface area contributed by atoms with Crippen LogP contribution in [-0.2, 0) is 0 Å². The fourth-order valence-corrected chi connectivity index (χ4v) is 1.58. The lowest BCUT2D eigenvalue weighted by Crippen LogP contribution is -2.23. The van der Waals surface area contributed by atoms with Crippen LogP contribution in [0.5, 0.6) is 0 Å². The van der Waals surface area contributed by atoms with Crippen molar-refractivity contribution in [3.63, 3.8) is 0 Å². The van der Waals surface area contributed by atoms with E-state index in [1.165, 1.54) is 19.3 Å². The number of nitrogens with zero attached hydrogens (tertiary/aromatic N) is 2. The second kappa shape index (κ2) is 14.9. The van der Waals surface area contributed by atoms with Crippen molar-refractivity contribution in [1.29, 1.82) is 0 Å². The molecule has 0 aromatic rings. The van der Waals surface area contributed by atoms with Crippen LogP contribution in [0.1, 0.15) is 59.8 Å². The summed E-state index contributed by atoms with van der Waals surface area (Å²) in [6.07, 6.45) is 5.84. The highest BCUT2D eigenvalue weighted by Crippen LogP contribution is 2.05. The first kappa shape index (κ1) is 21.8. The molecule has 0 saturated heterocycles. The Morgan fingerprint density at radius 3 is 1.43 bits per heavy atom. The second-order valence-electron chi connectivity index (χ2n) is 6.04. The Hall–Kier alpha value is -1.46. The molecule has 0 rings (SSSR count). The molecule has 0 aliphatic heterocycles. The lowest BCUT2D eigenvalue weighted by molar-refractivity contribution is 0.541. The molecule has 126 valence electrons. The molecule has 0 atom stereocenters. The molecular formula is C15H36N6. The Balaban J connectivity index is 0. The Morgan fingerprint density at radius 1 is 0.667 bits per heavy atom. The molecule has 0 saturated carbocycles. The molecular weight excluding hydrogens is 264 g/mol. The van der Waals surface area contributed by atoms with Crippen LogP contribution < -0.4 is 22.9 Å². The predicted octanol–water partition coefficient (Wildman–Crippen LogP) is 1.78. The maximum absolute atomic E-state index is 5.16.